The van der Waals surface area contributed by atoms with E-state index in [1.807, 2.05) is 0 Å². The Labute approximate surface area is 101 Å². The summed E-state index contributed by atoms with van der Waals surface area (Å²) < 4.78 is 30.9. The summed E-state index contributed by atoms with van der Waals surface area (Å²) in [5, 5.41) is 0. The molecule has 0 spiro atoms. The Kier molecular flexibility index (Phi) is 4.86. The zero-order chi connectivity index (χ0) is 12.1. The molecule has 0 saturated heterocycles. The molecule has 0 bridgehead atoms. The molecule has 0 fully saturated rings. The lowest BCUT2D eigenvalue weighted by Crippen LogP contribution is -2.06. The second-order valence-corrected chi connectivity index (χ2v) is 3.96. The van der Waals surface area contributed by atoms with E-state index in [0.717, 1.165) is 6.07 Å². The van der Waals surface area contributed by atoms with E-state index in [1.165, 1.54) is 6.07 Å². The van der Waals surface area contributed by atoms with Gasteiger partial charge in [-0.1, -0.05) is 0 Å². The molecule has 1 aromatic carbocycles. The van der Waals surface area contributed by atoms with Crippen LogP contribution in [0.1, 0.15) is 18.9 Å². The maximum absolute atomic E-state index is 13.1. The highest BCUT2D eigenvalue weighted by molar-refractivity contribution is 9.10. The Morgan fingerprint density at radius 2 is 2.12 bits per heavy atom. The number of hydrogen-bond donors (Lipinski definition) is 0. The molecular weight excluding hydrogens is 282 g/mol. The Balaban J connectivity index is 2.70. The van der Waals surface area contributed by atoms with E-state index in [-0.39, 0.29) is 23.3 Å². The summed E-state index contributed by atoms with van der Waals surface area (Å²) in [4.78, 5) is 11.1. The molecule has 2 nitrogen and oxygen atoms in total. The lowest BCUT2D eigenvalue weighted by atomic mass is 10.1. The SMILES string of the molecule is CCOC(=O)CCc1cc(F)cc(F)c1Br. The minimum atomic E-state index is -0.668. The van der Waals surface area contributed by atoms with Crippen molar-refractivity contribution in [3.8, 4) is 0 Å². The standard InChI is InChI=1S/C11H11BrF2O2/c1-2-16-10(15)4-3-7-5-8(13)6-9(14)11(7)12/h5-6H,2-4H2,1H3. The molecule has 0 aromatic heterocycles. The molecule has 0 aliphatic rings. The third-order valence-electron chi connectivity index (χ3n) is 1.97. The van der Waals surface area contributed by atoms with Gasteiger partial charge in [-0.3, -0.25) is 4.79 Å². The summed E-state index contributed by atoms with van der Waals surface area (Å²) in [5.41, 5.74) is 0.422. The molecule has 0 heterocycles. The summed E-state index contributed by atoms with van der Waals surface area (Å²) >= 11 is 3.01. The van der Waals surface area contributed by atoms with Crippen LogP contribution in [0.3, 0.4) is 0 Å². The molecule has 0 saturated carbocycles. The monoisotopic (exact) mass is 292 g/mol. The van der Waals surface area contributed by atoms with Crippen molar-refractivity contribution in [2.24, 2.45) is 0 Å². The van der Waals surface area contributed by atoms with E-state index in [0.29, 0.717) is 12.2 Å². The van der Waals surface area contributed by atoms with Crippen molar-refractivity contribution in [1.29, 1.82) is 0 Å². The first-order valence-corrected chi connectivity index (χ1v) is 5.63. The number of carbonyl (C=O) groups is 1. The molecular formula is C11H11BrF2O2. The van der Waals surface area contributed by atoms with Crippen molar-refractivity contribution in [1.82, 2.24) is 0 Å². The smallest absolute Gasteiger partial charge is 0.306 e. The fourth-order valence-corrected chi connectivity index (χ4v) is 1.69. The van der Waals surface area contributed by atoms with E-state index in [1.54, 1.807) is 6.92 Å². The summed E-state index contributed by atoms with van der Waals surface area (Å²) in [5.74, 6) is -1.70. The first-order valence-electron chi connectivity index (χ1n) is 4.83. The fraction of sp³-hybridized carbons (Fsp3) is 0.364. The quantitative estimate of drug-likeness (QED) is 0.629. The normalized spacial score (nSPS) is 10.2. The maximum Gasteiger partial charge on any atom is 0.306 e. The van der Waals surface area contributed by atoms with Crippen LogP contribution in [0.5, 0.6) is 0 Å². The Bertz CT molecular complexity index is 394. The predicted molar refractivity (Wildman–Crippen MR) is 59.0 cm³/mol. The number of carbonyl (C=O) groups excluding carboxylic acids is 1. The van der Waals surface area contributed by atoms with E-state index < -0.39 is 11.6 Å². The van der Waals surface area contributed by atoms with Crippen molar-refractivity contribution in [3.05, 3.63) is 33.8 Å². The van der Waals surface area contributed by atoms with E-state index in [4.69, 9.17) is 4.74 Å². The predicted octanol–water partition coefficient (Wildman–Crippen LogP) is 3.22. The van der Waals surface area contributed by atoms with Gasteiger partial charge in [0, 0.05) is 12.5 Å². The van der Waals surface area contributed by atoms with Gasteiger partial charge in [0.05, 0.1) is 11.1 Å². The third-order valence-corrected chi connectivity index (χ3v) is 2.86. The van der Waals surface area contributed by atoms with Crippen LogP contribution in [0.25, 0.3) is 0 Å². The third kappa shape index (κ3) is 3.56. The molecule has 0 unspecified atom stereocenters. The number of hydrogen-bond acceptors (Lipinski definition) is 2. The molecule has 0 N–H and O–H groups in total. The molecule has 16 heavy (non-hydrogen) atoms. The number of esters is 1. The van der Waals surface area contributed by atoms with Crippen LogP contribution in [0.4, 0.5) is 8.78 Å². The fourth-order valence-electron chi connectivity index (χ4n) is 1.26. The Morgan fingerprint density at radius 1 is 1.44 bits per heavy atom. The van der Waals surface area contributed by atoms with Crippen molar-refractivity contribution in [3.63, 3.8) is 0 Å². The average molecular weight is 293 g/mol. The van der Waals surface area contributed by atoms with Crippen molar-refractivity contribution < 1.29 is 18.3 Å². The first kappa shape index (κ1) is 13.1. The van der Waals surface area contributed by atoms with Gasteiger partial charge in [-0.25, -0.2) is 8.78 Å². The van der Waals surface area contributed by atoms with Crippen molar-refractivity contribution in [2.45, 2.75) is 19.8 Å². The highest BCUT2D eigenvalue weighted by Gasteiger charge is 2.10. The Morgan fingerprint density at radius 3 is 2.75 bits per heavy atom. The Hall–Kier alpha value is -0.970. The summed E-state index contributed by atoms with van der Waals surface area (Å²) in [6.07, 6.45) is 0.351. The first-order chi connectivity index (χ1) is 7.54. The van der Waals surface area contributed by atoms with Crippen LogP contribution in [0.15, 0.2) is 16.6 Å². The summed E-state index contributed by atoms with van der Waals surface area (Å²) in [6.45, 7) is 2.01. The maximum atomic E-state index is 13.1. The molecule has 0 aliphatic heterocycles. The molecule has 0 amide bonds. The zero-order valence-electron chi connectivity index (χ0n) is 8.73. The van der Waals surface area contributed by atoms with E-state index in [2.05, 4.69) is 15.9 Å². The van der Waals surface area contributed by atoms with Gasteiger partial charge >= 0.3 is 5.97 Å². The van der Waals surface area contributed by atoms with Gasteiger partial charge in [0.15, 0.2) is 0 Å². The molecule has 5 heteroatoms. The number of halogens is 3. The van der Waals surface area contributed by atoms with Crippen LogP contribution < -0.4 is 0 Å². The second kappa shape index (κ2) is 5.94. The molecule has 0 radical (unpaired) electrons. The van der Waals surface area contributed by atoms with Gasteiger partial charge in [0.25, 0.3) is 0 Å². The van der Waals surface area contributed by atoms with Gasteiger partial charge < -0.3 is 4.74 Å². The highest BCUT2D eigenvalue weighted by atomic mass is 79.9. The van der Waals surface area contributed by atoms with Crippen molar-refractivity contribution in [2.75, 3.05) is 6.61 Å². The van der Waals surface area contributed by atoms with Gasteiger partial charge in [-0.15, -0.1) is 0 Å². The van der Waals surface area contributed by atoms with Crippen LogP contribution in [0.2, 0.25) is 0 Å². The summed E-state index contributed by atoms with van der Waals surface area (Å²) in [7, 11) is 0. The lowest BCUT2D eigenvalue weighted by Gasteiger charge is -2.05. The van der Waals surface area contributed by atoms with Crippen molar-refractivity contribution >= 4 is 21.9 Å². The van der Waals surface area contributed by atoms with Crippen LogP contribution in [0, 0.1) is 11.6 Å². The highest BCUT2D eigenvalue weighted by Crippen LogP contribution is 2.23. The average Bonchev–Trinajstić information content (AvgIpc) is 2.21. The van der Waals surface area contributed by atoms with E-state index >= 15 is 0 Å². The zero-order valence-corrected chi connectivity index (χ0v) is 10.3. The number of benzene rings is 1. The second-order valence-electron chi connectivity index (χ2n) is 3.17. The molecule has 88 valence electrons. The molecule has 1 aromatic rings. The molecule has 1 rings (SSSR count). The lowest BCUT2D eigenvalue weighted by molar-refractivity contribution is -0.143. The van der Waals surface area contributed by atoms with Gasteiger partial charge in [0.1, 0.15) is 11.6 Å². The van der Waals surface area contributed by atoms with Gasteiger partial charge in [-0.2, -0.15) is 0 Å². The van der Waals surface area contributed by atoms with Gasteiger partial charge in [0.2, 0.25) is 0 Å². The van der Waals surface area contributed by atoms with Crippen LogP contribution in [-0.4, -0.2) is 12.6 Å². The van der Waals surface area contributed by atoms with Gasteiger partial charge in [-0.05, 0) is 40.9 Å². The topological polar surface area (TPSA) is 26.3 Å². The van der Waals surface area contributed by atoms with Crippen LogP contribution >= 0.6 is 15.9 Å². The number of ether oxygens (including phenoxy) is 1. The minimum absolute atomic E-state index is 0.106. The number of aryl methyl sites for hydroxylation is 1. The molecule has 0 atom stereocenters. The number of rotatable bonds is 4. The minimum Gasteiger partial charge on any atom is -0.466 e. The van der Waals surface area contributed by atoms with Crippen LogP contribution in [-0.2, 0) is 16.0 Å². The largest absolute Gasteiger partial charge is 0.466 e. The van der Waals surface area contributed by atoms with E-state index in [9.17, 15) is 13.6 Å². The summed E-state index contributed by atoms with van der Waals surface area (Å²) in [6, 6.07) is 1.99. The molecule has 0 aliphatic carbocycles.